The summed E-state index contributed by atoms with van der Waals surface area (Å²) < 4.78 is 14.8. The first kappa shape index (κ1) is 17.2. The van der Waals surface area contributed by atoms with Crippen LogP contribution in [0.25, 0.3) is 0 Å². The highest BCUT2D eigenvalue weighted by atomic mass is 35.5. The molecule has 23 heavy (non-hydrogen) atoms. The first-order valence-corrected chi connectivity index (χ1v) is 7.66. The molecule has 0 bridgehead atoms. The van der Waals surface area contributed by atoms with E-state index in [0.717, 1.165) is 0 Å². The van der Waals surface area contributed by atoms with E-state index in [1.807, 2.05) is 19.1 Å². The zero-order valence-corrected chi connectivity index (χ0v) is 14.0. The minimum Gasteiger partial charge on any atom is -0.320 e. The Labute approximate surface area is 140 Å². The van der Waals surface area contributed by atoms with Gasteiger partial charge in [-0.15, -0.1) is 0 Å². The van der Waals surface area contributed by atoms with E-state index in [2.05, 4.69) is 10.3 Å². The zero-order valence-electron chi connectivity index (χ0n) is 13.3. The van der Waals surface area contributed by atoms with Gasteiger partial charge in [0, 0.05) is 11.3 Å². The molecular weight excluding hydrogens is 315 g/mol. The number of para-hydroxylation sites is 1. The maximum Gasteiger partial charge on any atom is 0.260 e. The summed E-state index contributed by atoms with van der Waals surface area (Å²) in [6.45, 7) is 5.22. The number of nitrogens with one attached hydrogen (secondary N) is 1. The van der Waals surface area contributed by atoms with Crippen molar-refractivity contribution >= 4 is 23.2 Å². The monoisotopic (exact) mass is 332 g/mol. The molecule has 0 spiro atoms. The van der Waals surface area contributed by atoms with Gasteiger partial charge in [-0.2, -0.15) is 0 Å². The van der Waals surface area contributed by atoms with Gasteiger partial charge in [0.2, 0.25) is 0 Å². The number of amides is 1. The summed E-state index contributed by atoms with van der Waals surface area (Å²) in [6.07, 6.45) is 4.06. The molecule has 0 unspecified atom stereocenters. The minimum atomic E-state index is -0.553. The topological polar surface area (TPSA) is 42.0 Å². The van der Waals surface area contributed by atoms with E-state index in [9.17, 15) is 9.18 Å². The predicted octanol–water partition coefficient (Wildman–Crippen LogP) is 4.86. The Morgan fingerprint density at radius 1 is 1.30 bits per heavy atom. The number of nitrogens with zero attached hydrogens (tertiary/aromatic N) is 1. The molecule has 0 aliphatic rings. The van der Waals surface area contributed by atoms with Crippen molar-refractivity contribution in [2.75, 3.05) is 5.32 Å². The van der Waals surface area contributed by atoms with Crippen molar-refractivity contribution in [3.63, 3.8) is 0 Å². The van der Waals surface area contributed by atoms with Crippen molar-refractivity contribution in [3.05, 3.63) is 69.8 Å². The van der Waals surface area contributed by atoms with Crippen molar-refractivity contribution < 1.29 is 9.18 Å². The molecule has 0 radical (unpaired) electrons. The summed E-state index contributed by atoms with van der Waals surface area (Å²) >= 11 is 6.03. The largest absolute Gasteiger partial charge is 0.320 e. The molecule has 2 rings (SSSR count). The molecular formula is C18H18ClFN2O. The highest BCUT2D eigenvalue weighted by Gasteiger charge is 2.21. The number of aryl methyl sites for hydroxylation is 2. The maximum atomic E-state index is 14.8. The van der Waals surface area contributed by atoms with E-state index in [0.29, 0.717) is 34.1 Å². The van der Waals surface area contributed by atoms with Gasteiger partial charge in [0.05, 0.1) is 22.0 Å². The number of hydrogen-bond acceptors (Lipinski definition) is 2. The Hall–Kier alpha value is -2.20. The number of halogens is 2. The van der Waals surface area contributed by atoms with Crippen molar-refractivity contribution in [3.8, 4) is 0 Å². The van der Waals surface area contributed by atoms with E-state index in [1.165, 1.54) is 0 Å². The third kappa shape index (κ3) is 3.77. The Morgan fingerprint density at radius 2 is 2.00 bits per heavy atom. The summed E-state index contributed by atoms with van der Waals surface area (Å²) in [7, 11) is 0. The number of pyridine rings is 1. The third-order valence-electron chi connectivity index (χ3n) is 3.53. The fourth-order valence-corrected chi connectivity index (χ4v) is 2.51. The number of aromatic nitrogens is 1. The summed E-state index contributed by atoms with van der Waals surface area (Å²) in [4.78, 5) is 16.8. The van der Waals surface area contributed by atoms with Crippen LogP contribution in [0.1, 0.15) is 34.2 Å². The minimum absolute atomic E-state index is 0.0463. The fraction of sp³-hybridized carbons (Fsp3) is 0.222. The molecule has 0 aliphatic heterocycles. The van der Waals surface area contributed by atoms with Crippen molar-refractivity contribution in [1.29, 1.82) is 0 Å². The lowest BCUT2D eigenvalue weighted by molar-refractivity contribution is 0.102. The molecule has 1 heterocycles. The van der Waals surface area contributed by atoms with E-state index >= 15 is 0 Å². The van der Waals surface area contributed by atoms with Crippen LogP contribution in [0.3, 0.4) is 0 Å². The predicted molar refractivity (Wildman–Crippen MR) is 91.6 cm³/mol. The SMILES string of the molecule is C/C=C/Cc1c(C)nc(C)c(C(=O)Nc2ccccc2Cl)c1F. The van der Waals surface area contributed by atoms with Gasteiger partial charge in [0.15, 0.2) is 0 Å². The summed E-state index contributed by atoms with van der Waals surface area (Å²) in [5.74, 6) is -1.08. The van der Waals surface area contributed by atoms with Gasteiger partial charge in [-0.1, -0.05) is 35.9 Å². The molecule has 0 atom stereocenters. The van der Waals surface area contributed by atoms with Crippen molar-refractivity contribution in [2.45, 2.75) is 27.2 Å². The Kier molecular flexibility index (Phi) is 5.50. The van der Waals surface area contributed by atoms with E-state index in [4.69, 9.17) is 11.6 Å². The second-order valence-electron chi connectivity index (χ2n) is 5.16. The lowest BCUT2D eigenvalue weighted by Crippen LogP contribution is -2.18. The van der Waals surface area contributed by atoms with Gasteiger partial charge in [-0.3, -0.25) is 9.78 Å². The molecule has 5 heteroatoms. The lowest BCUT2D eigenvalue weighted by atomic mass is 10.0. The maximum absolute atomic E-state index is 14.8. The standard InChI is InChI=1S/C18H18ClFN2O/c1-4-5-8-13-11(2)21-12(3)16(17(13)20)18(23)22-15-10-7-6-9-14(15)19/h4-7,9-10H,8H2,1-3H3,(H,22,23)/b5-4+. The van der Waals surface area contributed by atoms with Crippen LogP contribution in [0.5, 0.6) is 0 Å². The molecule has 3 nitrogen and oxygen atoms in total. The molecule has 120 valence electrons. The molecule has 2 aromatic rings. The van der Waals surface area contributed by atoms with Gasteiger partial charge in [0.25, 0.3) is 5.91 Å². The molecule has 1 amide bonds. The first-order chi connectivity index (χ1) is 11.0. The number of benzene rings is 1. The van der Waals surface area contributed by atoms with E-state index < -0.39 is 11.7 Å². The van der Waals surface area contributed by atoms with Gasteiger partial charge >= 0.3 is 0 Å². The van der Waals surface area contributed by atoms with E-state index in [1.54, 1.807) is 38.1 Å². The van der Waals surface area contributed by atoms with Crippen LogP contribution in [0, 0.1) is 19.7 Å². The van der Waals surface area contributed by atoms with Crippen molar-refractivity contribution in [2.24, 2.45) is 0 Å². The van der Waals surface area contributed by atoms with Crippen molar-refractivity contribution in [1.82, 2.24) is 4.98 Å². The normalized spacial score (nSPS) is 11.0. The second-order valence-corrected chi connectivity index (χ2v) is 5.56. The Bertz CT molecular complexity index is 772. The molecule has 1 aromatic carbocycles. The number of anilines is 1. The van der Waals surface area contributed by atoms with Crippen LogP contribution in [-0.2, 0) is 6.42 Å². The van der Waals surface area contributed by atoms with Crippen LogP contribution in [0.15, 0.2) is 36.4 Å². The van der Waals surface area contributed by atoms with Gasteiger partial charge in [-0.05, 0) is 39.3 Å². The van der Waals surface area contributed by atoms with Crippen LogP contribution in [0.4, 0.5) is 10.1 Å². The fourth-order valence-electron chi connectivity index (χ4n) is 2.33. The summed E-state index contributed by atoms with van der Waals surface area (Å²) in [5, 5.41) is 3.04. The zero-order chi connectivity index (χ0) is 17.0. The molecule has 1 aromatic heterocycles. The Morgan fingerprint density at radius 3 is 2.65 bits per heavy atom. The van der Waals surface area contributed by atoms with Gasteiger partial charge < -0.3 is 5.32 Å². The smallest absolute Gasteiger partial charge is 0.260 e. The van der Waals surface area contributed by atoms with Crippen LogP contribution >= 0.6 is 11.6 Å². The average molecular weight is 333 g/mol. The lowest BCUT2D eigenvalue weighted by Gasteiger charge is -2.13. The number of rotatable bonds is 4. The summed E-state index contributed by atoms with van der Waals surface area (Å²) in [5.41, 5.74) is 1.77. The van der Waals surface area contributed by atoms with E-state index in [-0.39, 0.29) is 5.56 Å². The molecule has 0 aliphatic carbocycles. The van der Waals surface area contributed by atoms with Gasteiger partial charge in [0.1, 0.15) is 5.82 Å². The average Bonchev–Trinajstić information content (AvgIpc) is 2.49. The molecule has 0 fully saturated rings. The number of hydrogen-bond donors (Lipinski definition) is 1. The first-order valence-electron chi connectivity index (χ1n) is 7.28. The quantitative estimate of drug-likeness (QED) is 0.812. The molecule has 0 saturated heterocycles. The molecule has 0 saturated carbocycles. The highest BCUT2D eigenvalue weighted by Crippen LogP contribution is 2.24. The number of carbonyl (C=O) groups excluding carboxylic acids is 1. The number of allylic oxidation sites excluding steroid dienone is 2. The third-order valence-corrected chi connectivity index (χ3v) is 3.85. The second kappa shape index (κ2) is 7.38. The summed E-state index contributed by atoms with van der Waals surface area (Å²) in [6, 6.07) is 6.82. The Balaban J connectivity index is 2.42. The van der Waals surface area contributed by atoms with Crippen LogP contribution in [-0.4, -0.2) is 10.9 Å². The van der Waals surface area contributed by atoms with Crippen LogP contribution in [0.2, 0.25) is 5.02 Å². The molecule has 1 N–H and O–H groups in total. The highest BCUT2D eigenvalue weighted by molar-refractivity contribution is 6.33. The van der Waals surface area contributed by atoms with Crippen LogP contribution < -0.4 is 5.32 Å². The number of carbonyl (C=O) groups is 1. The van der Waals surface area contributed by atoms with Gasteiger partial charge in [-0.25, -0.2) is 4.39 Å².